The minimum absolute atomic E-state index is 0.00844. The van der Waals surface area contributed by atoms with Crippen LogP contribution in [-0.4, -0.2) is 11.9 Å². The monoisotopic (exact) mass is 332 g/mol. The predicted octanol–water partition coefficient (Wildman–Crippen LogP) is 4.72. The predicted molar refractivity (Wildman–Crippen MR) is 84.5 cm³/mol. The Bertz CT molecular complexity index is 617. The van der Waals surface area contributed by atoms with Gasteiger partial charge in [0.15, 0.2) is 6.10 Å². The summed E-state index contributed by atoms with van der Waals surface area (Å²) in [5.41, 5.74) is 2.79. The van der Waals surface area contributed by atoms with Crippen LogP contribution in [0.3, 0.4) is 0 Å². The van der Waals surface area contributed by atoms with Gasteiger partial charge in [-0.1, -0.05) is 33.6 Å². The molecule has 0 bridgehead atoms. The van der Waals surface area contributed by atoms with Crippen molar-refractivity contribution in [3.63, 3.8) is 0 Å². The van der Waals surface area contributed by atoms with Crippen molar-refractivity contribution in [2.45, 2.75) is 26.9 Å². The van der Waals surface area contributed by atoms with Crippen molar-refractivity contribution in [2.75, 3.05) is 0 Å². The van der Waals surface area contributed by atoms with Crippen molar-refractivity contribution in [2.24, 2.45) is 0 Å². The normalized spacial score (nSPS) is 12.0. The quantitative estimate of drug-likeness (QED) is 0.757. The molecule has 2 aromatic carbocycles. The smallest absolute Gasteiger partial charge is 0.203 e. The molecular weight excluding hydrogens is 316 g/mol. The molecule has 0 saturated heterocycles. The van der Waals surface area contributed by atoms with Crippen molar-refractivity contribution in [1.82, 2.24) is 0 Å². The molecule has 0 N–H and O–H groups in total. The van der Waals surface area contributed by atoms with Crippen LogP contribution >= 0.6 is 15.9 Å². The summed E-state index contributed by atoms with van der Waals surface area (Å²) in [6.45, 7) is 5.71. The van der Waals surface area contributed by atoms with Crippen molar-refractivity contribution < 1.29 is 9.53 Å². The topological polar surface area (TPSA) is 26.3 Å². The zero-order chi connectivity index (χ0) is 14.7. The second kappa shape index (κ2) is 6.23. The summed E-state index contributed by atoms with van der Waals surface area (Å²) in [7, 11) is 0. The molecule has 0 aliphatic rings. The first-order chi connectivity index (χ1) is 9.47. The minimum atomic E-state index is -0.503. The molecule has 0 aliphatic heterocycles. The molecule has 0 heterocycles. The first kappa shape index (κ1) is 14.8. The molecule has 20 heavy (non-hydrogen) atoms. The Hall–Kier alpha value is -1.61. The van der Waals surface area contributed by atoms with E-state index in [0.29, 0.717) is 5.75 Å². The third-order valence-corrected chi connectivity index (χ3v) is 3.68. The lowest BCUT2D eigenvalue weighted by molar-refractivity contribution is 0.0817. The van der Waals surface area contributed by atoms with E-state index in [1.807, 2.05) is 56.3 Å². The Kier molecular flexibility index (Phi) is 4.61. The Morgan fingerprint density at radius 1 is 1.10 bits per heavy atom. The number of benzene rings is 2. The number of halogens is 1. The summed E-state index contributed by atoms with van der Waals surface area (Å²) in [6, 6.07) is 13.4. The Morgan fingerprint density at radius 2 is 1.75 bits per heavy atom. The van der Waals surface area contributed by atoms with Gasteiger partial charge in [-0.2, -0.15) is 0 Å². The number of ether oxygens (including phenoxy) is 1. The third-order valence-electron chi connectivity index (χ3n) is 3.15. The van der Waals surface area contributed by atoms with Crippen molar-refractivity contribution in [3.8, 4) is 5.75 Å². The number of carbonyl (C=O) groups excluding carboxylic acids is 1. The van der Waals surface area contributed by atoms with Crippen LogP contribution in [0.15, 0.2) is 46.9 Å². The Balaban J connectivity index is 2.16. The second-order valence-electron chi connectivity index (χ2n) is 4.90. The van der Waals surface area contributed by atoms with Gasteiger partial charge >= 0.3 is 0 Å². The van der Waals surface area contributed by atoms with E-state index in [1.165, 1.54) is 0 Å². The van der Waals surface area contributed by atoms with E-state index in [0.717, 1.165) is 21.2 Å². The van der Waals surface area contributed by atoms with Crippen LogP contribution in [0.5, 0.6) is 5.75 Å². The van der Waals surface area contributed by atoms with Gasteiger partial charge in [0.05, 0.1) is 0 Å². The molecule has 2 nitrogen and oxygen atoms in total. The van der Waals surface area contributed by atoms with E-state index in [-0.39, 0.29) is 5.78 Å². The average Bonchev–Trinajstić information content (AvgIpc) is 2.43. The number of rotatable bonds is 4. The minimum Gasteiger partial charge on any atom is -0.483 e. The molecule has 1 unspecified atom stereocenters. The molecule has 0 radical (unpaired) electrons. The average molecular weight is 333 g/mol. The van der Waals surface area contributed by atoms with Gasteiger partial charge in [0.25, 0.3) is 0 Å². The van der Waals surface area contributed by atoms with Gasteiger partial charge in [-0.25, -0.2) is 0 Å². The van der Waals surface area contributed by atoms with Gasteiger partial charge in [0, 0.05) is 10.0 Å². The van der Waals surface area contributed by atoms with Gasteiger partial charge in [-0.05, 0) is 56.7 Å². The first-order valence-electron chi connectivity index (χ1n) is 6.51. The lowest BCUT2D eigenvalue weighted by atomic mass is 9.99. The van der Waals surface area contributed by atoms with Crippen LogP contribution in [0.25, 0.3) is 0 Å². The zero-order valence-electron chi connectivity index (χ0n) is 11.8. The van der Waals surface area contributed by atoms with Gasteiger partial charge in [0.2, 0.25) is 5.78 Å². The fraction of sp³-hybridized carbons (Fsp3) is 0.235. The van der Waals surface area contributed by atoms with Crippen LogP contribution < -0.4 is 4.74 Å². The number of carbonyl (C=O) groups is 1. The molecular formula is C17H17BrO2. The maximum absolute atomic E-state index is 12.5. The molecule has 0 spiro atoms. The number of aryl methyl sites for hydroxylation is 2. The van der Waals surface area contributed by atoms with Gasteiger partial charge in [-0.15, -0.1) is 0 Å². The number of Topliss-reactive ketones (excluding diaryl/α,β-unsaturated/α-hetero) is 1. The van der Waals surface area contributed by atoms with E-state index in [1.54, 1.807) is 6.92 Å². The SMILES string of the molecule is Cc1ccc(C)c(C(=O)C(C)Oc2ccc(Br)cc2)c1. The summed E-state index contributed by atoms with van der Waals surface area (Å²) in [4.78, 5) is 12.5. The molecule has 2 rings (SSSR count). The van der Waals surface area contributed by atoms with Gasteiger partial charge in [0.1, 0.15) is 5.75 Å². The van der Waals surface area contributed by atoms with Crippen LogP contribution in [-0.2, 0) is 0 Å². The number of ketones is 1. The van der Waals surface area contributed by atoms with Gasteiger partial charge in [-0.3, -0.25) is 4.79 Å². The van der Waals surface area contributed by atoms with Crippen molar-refractivity contribution in [3.05, 3.63) is 63.6 Å². The van der Waals surface area contributed by atoms with E-state index >= 15 is 0 Å². The number of hydrogen-bond acceptors (Lipinski definition) is 2. The maximum atomic E-state index is 12.5. The molecule has 0 fully saturated rings. The summed E-state index contributed by atoms with van der Waals surface area (Å²) >= 11 is 3.37. The van der Waals surface area contributed by atoms with E-state index in [2.05, 4.69) is 15.9 Å². The number of hydrogen-bond donors (Lipinski definition) is 0. The van der Waals surface area contributed by atoms with E-state index < -0.39 is 6.10 Å². The van der Waals surface area contributed by atoms with Crippen LogP contribution in [0, 0.1) is 13.8 Å². The van der Waals surface area contributed by atoms with Crippen LogP contribution in [0.4, 0.5) is 0 Å². The molecule has 2 aromatic rings. The van der Waals surface area contributed by atoms with Crippen molar-refractivity contribution in [1.29, 1.82) is 0 Å². The summed E-state index contributed by atoms with van der Waals surface area (Å²) < 4.78 is 6.69. The standard InChI is InChI=1S/C17H17BrO2/c1-11-4-5-12(2)16(10-11)17(19)13(3)20-15-8-6-14(18)7-9-15/h4-10,13H,1-3H3. The summed E-state index contributed by atoms with van der Waals surface area (Å²) in [6.07, 6.45) is -0.503. The molecule has 1 atom stereocenters. The molecule has 0 saturated carbocycles. The lowest BCUT2D eigenvalue weighted by Crippen LogP contribution is -2.24. The molecule has 104 valence electrons. The van der Waals surface area contributed by atoms with Crippen LogP contribution in [0.2, 0.25) is 0 Å². The molecule has 3 heteroatoms. The second-order valence-corrected chi connectivity index (χ2v) is 5.81. The summed E-state index contributed by atoms with van der Waals surface area (Å²) in [5, 5.41) is 0. The maximum Gasteiger partial charge on any atom is 0.203 e. The third kappa shape index (κ3) is 3.48. The highest BCUT2D eigenvalue weighted by molar-refractivity contribution is 9.10. The van der Waals surface area contributed by atoms with Gasteiger partial charge < -0.3 is 4.74 Å². The lowest BCUT2D eigenvalue weighted by Gasteiger charge is -2.15. The Labute approximate surface area is 127 Å². The highest BCUT2D eigenvalue weighted by Crippen LogP contribution is 2.19. The Morgan fingerprint density at radius 3 is 2.40 bits per heavy atom. The summed E-state index contributed by atoms with van der Waals surface area (Å²) in [5.74, 6) is 0.702. The molecule has 0 aliphatic carbocycles. The van der Waals surface area contributed by atoms with E-state index in [4.69, 9.17) is 4.74 Å². The highest BCUT2D eigenvalue weighted by atomic mass is 79.9. The fourth-order valence-corrected chi connectivity index (χ4v) is 2.26. The van der Waals surface area contributed by atoms with Crippen molar-refractivity contribution >= 4 is 21.7 Å². The zero-order valence-corrected chi connectivity index (χ0v) is 13.4. The molecule has 0 aromatic heterocycles. The fourth-order valence-electron chi connectivity index (χ4n) is 1.99. The van der Waals surface area contributed by atoms with E-state index in [9.17, 15) is 4.79 Å². The van der Waals surface area contributed by atoms with Crippen LogP contribution in [0.1, 0.15) is 28.4 Å². The highest BCUT2D eigenvalue weighted by Gasteiger charge is 2.18. The largest absolute Gasteiger partial charge is 0.483 e. The molecule has 0 amide bonds. The first-order valence-corrected chi connectivity index (χ1v) is 7.30.